The van der Waals surface area contributed by atoms with E-state index in [1.165, 1.54) is 6.07 Å². The van der Waals surface area contributed by atoms with Crippen molar-refractivity contribution in [2.45, 2.75) is 12.5 Å². The molecule has 0 aliphatic rings. The van der Waals surface area contributed by atoms with Crippen LogP contribution in [0.4, 0.5) is 8.78 Å². The van der Waals surface area contributed by atoms with Gasteiger partial charge in [0.25, 0.3) is 0 Å². The van der Waals surface area contributed by atoms with Crippen molar-refractivity contribution < 1.29 is 8.78 Å². The Morgan fingerprint density at radius 2 is 2.00 bits per heavy atom. The predicted octanol–water partition coefficient (Wildman–Crippen LogP) is 3.36. The van der Waals surface area contributed by atoms with E-state index in [-0.39, 0.29) is 6.04 Å². The summed E-state index contributed by atoms with van der Waals surface area (Å²) in [6, 6.07) is 7.04. The second-order valence-electron chi connectivity index (χ2n) is 3.93. The summed E-state index contributed by atoms with van der Waals surface area (Å²) in [5, 5.41) is 0. The molecule has 0 saturated carbocycles. The Morgan fingerprint density at radius 3 is 2.67 bits per heavy atom. The van der Waals surface area contributed by atoms with Crippen LogP contribution in [0, 0.1) is 11.6 Å². The van der Waals surface area contributed by atoms with Crippen molar-refractivity contribution in [3.05, 3.63) is 63.9 Å². The van der Waals surface area contributed by atoms with Gasteiger partial charge >= 0.3 is 0 Å². The molecule has 2 N–H and O–H groups in total. The topological polar surface area (TPSA) is 38.9 Å². The van der Waals surface area contributed by atoms with E-state index in [0.29, 0.717) is 17.7 Å². The van der Waals surface area contributed by atoms with Gasteiger partial charge in [0.1, 0.15) is 0 Å². The fourth-order valence-electron chi connectivity index (χ4n) is 1.69. The first kappa shape index (κ1) is 13.1. The van der Waals surface area contributed by atoms with E-state index in [4.69, 9.17) is 5.73 Å². The molecule has 18 heavy (non-hydrogen) atoms. The standard InChI is InChI=1S/C13H11BrF2N2/c14-9-2-1-5-18-13(9)12(17)7-8-3-4-10(15)11(16)6-8/h1-6,12H,7,17H2. The minimum Gasteiger partial charge on any atom is -0.322 e. The van der Waals surface area contributed by atoms with Crippen molar-refractivity contribution >= 4 is 15.9 Å². The van der Waals surface area contributed by atoms with Crippen LogP contribution in [0.25, 0.3) is 0 Å². The predicted molar refractivity (Wildman–Crippen MR) is 68.9 cm³/mol. The Kier molecular flexibility index (Phi) is 4.04. The van der Waals surface area contributed by atoms with Crippen LogP contribution >= 0.6 is 15.9 Å². The average molecular weight is 313 g/mol. The molecule has 1 atom stereocenters. The number of halogens is 3. The zero-order chi connectivity index (χ0) is 13.1. The van der Waals surface area contributed by atoms with Crippen LogP contribution in [0.1, 0.15) is 17.3 Å². The maximum Gasteiger partial charge on any atom is 0.159 e. The number of aromatic nitrogens is 1. The lowest BCUT2D eigenvalue weighted by Gasteiger charge is -2.12. The summed E-state index contributed by atoms with van der Waals surface area (Å²) in [7, 11) is 0. The van der Waals surface area contributed by atoms with Crippen molar-refractivity contribution in [3.63, 3.8) is 0 Å². The first-order chi connectivity index (χ1) is 8.58. The number of nitrogens with two attached hydrogens (primary N) is 1. The van der Waals surface area contributed by atoms with Gasteiger partial charge in [-0.3, -0.25) is 4.98 Å². The average Bonchev–Trinajstić information content (AvgIpc) is 2.34. The van der Waals surface area contributed by atoms with Crippen LogP contribution in [0.2, 0.25) is 0 Å². The molecule has 1 unspecified atom stereocenters. The van der Waals surface area contributed by atoms with E-state index in [2.05, 4.69) is 20.9 Å². The molecule has 0 aliphatic carbocycles. The lowest BCUT2D eigenvalue weighted by molar-refractivity contribution is 0.506. The summed E-state index contributed by atoms with van der Waals surface area (Å²) in [6.45, 7) is 0. The molecule has 5 heteroatoms. The zero-order valence-corrected chi connectivity index (χ0v) is 11.0. The number of benzene rings is 1. The Hall–Kier alpha value is -1.33. The Bertz CT molecular complexity index is 560. The third-order valence-corrected chi connectivity index (χ3v) is 3.25. The van der Waals surface area contributed by atoms with Gasteiger partial charge in [-0.1, -0.05) is 6.07 Å². The van der Waals surface area contributed by atoms with Gasteiger partial charge in [0, 0.05) is 10.7 Å². The van der Waals surface area contributed by atoms with Crippen molar-refractivity contribution in [1.29, 1.82) is 0 Å². The summed E-state index contributed by atoms with van der Waals surface area (Å²) in [6.07, 6.45) is 2.04. The second kappa shape index (κ2) is 5.54. The molecule has 0 bridgehead atoms. The van der Waals surface area contributed by atoms with Crippen LogP contribution < -0.4 is 5.73 Å². The number of pyridine rings is 1. The smallest absolute Gasteiger partial charge is 0.159 e. The molecule has 0 amide bonds. The second-order valence-corrected chi connectivity index (χ2v) is 4.78. The van der Waals surface area contributed by atoms with Gasteiger partial charge in [-0.05, 0) is 52.2 Å². The third kappa shape index (κ3) is 2.91. The van der Waals surface area contributed by atoms with Gasteiger partial charge < -0.3 is 5.73 Å². The highest BCUT2D eigenvalue weighted by Gasteiger charge is 2.13. The molecule has 2 aromatic rings. The summed E-state index contributed by atoms with van der Waals surface area (Å²) in [5.74, 6) is -1.72. The Morgan fingerprint density at radius 1 is 1.22 bits per heavy atom. The SMILES string of the molecule is NC(Cc1ccc(F)c(F)c1)c1ncccc1Br. The summed E-state index contributed by atoms with van der Waals surface area (Å²) in [4.78, 5) is 4.17. The van der Waals surface area contributed by atoms with Gasteiger partial charge in [0.15, 0.2) is 11.6 Å². The van der Waals surface area contributed by atoms with E-state index < -0.39 is 11.6 Å². The van der Waals surface area contributed by atoms with Gasteiger partial charge in [-0.2, -0.15) is 0 Å². The Labute approximate surface area is 112 Å². The van der Waals surface area contributed by atoms with Crippen LogP contribution in [0.5, 0.6) is 0 Å². The zero-order valence-electron chi connectivity index (χ0n) is 9.41. The lowest BCUT2D eigenvalue weighted by Crippen LogP contribution is -2.15. The number of hydrogen-bond acceptors (Lipinski definition) is 2. The lowest BCUT2D eigenvalue weighted by atomic mass is 10.0. The molecular weight excluding hydrogens is 302 g/mol. The maximum atomic E-state index is 13.1. The summed E-state index contributed by atoms with van der Waals surface area (Å²) in [5.41, 5.74) is 7.34. The van der Waals surface area contributed by atoms with E-state index in [9.17, 15) is 8.78 Å². The van der Waals surface area contributed by atoms with E-state index >= 15 is 0 Å². The quantitative estimate of drug-likeness (QED) is 0.943. The molecule has 94 valence electrons. The Balaban J connectivity index is 2.19. The fourth-order valence-corrected chi connectivity index (χ4v) is 2.24. The van der Waals surface area contributed by atoms with Crippen LogP contribution in [-0.4, -0.2) is 4.98 Å². The molecular formula is C13H11BrF2N2. The number of nitrogens with zero attached hydrogens (tertiary/aromatic N) is 1. The van der Waals surface area contributed by atoms with E-state index in [1.54, 1.807) is 12.3 Å². The fraction of sp³-hybridized carbons (Fsp3) is 0.154. The monoisotopic (exact) mass is 312 g/mol. The van der Waals surface area contributed by atoms with Crippen molar-refractivity contribution in [3.8, 4) is 0 Å². The molecule has 1 aromatic carbocycles. The van der Waals surface area contributed by atoms with E-state index in [0.717, 1.165) is 16.6 Å². The van der Waals surface area contributed by atoms with Crippen LogP contribution in [-0.2, 0) is 6.42 Å². The largest absolute Gasteiger partial charge is 0.322 e. The highest BCUT2D eigenvalue weighted by molar-refractivity contribution is 9.10. The summed E-state index contributed by atoms with van der Waals surface area (Å²) >= 11 is 3.36. The molecule has 0 saturated heterocycles. The van der Waals surface area contributed by atoms with Gasteiger partial charge in [-0.15, -0.1) is 0 Å². The number of rotatable bonds is 3. The molecule has 2 nitrogen and oxygen atoms in total. The molecule has 0 fully saturated rings. The van der Waals surface area contributed by atoms with Gasteiger partial charge in [0.2, 0.25) is 0 Å². The molecule has 0 aliphatic heterocycles. The van der Waals surface area contributed by atoms with Crippen molar-refractivity contribution in [2.24, 2.45) is 5.73 Å². The molecule has 2 rings (SSSR count). The van der Waals surface area contributed by atoms with E-state index in [1.807, 2.05) is 6.07 Å². The van der Waals surface area contributed by atoms with Crippen molar-refractivity contribution in [2.75, 3.05) is 0 Å². The van der Waals surface area contributed by atoms with Crippen LogP contribution in [0.3, 0.4) is 0 Å². The van der Waals surface area contributed by atoms with Gasteiger partial charge in [-0.25, -0.2) is 8.78 Å². The first-order valence-corrected chi connectivity index (χ1v) is 6.17. The highest BCUT2D eigenvalue weighted by Crippen LogP contribution is 2.22. The van der Waals surface area contributed by atoms with Gasteiger partial charge in [0.05, 0.1) is 11.7 Å². The van der Waals surface area contributed by atoms with Crippen molar-refractivity contribution in [1.82, 2.24) is 4.98 Å². The molecule has 0 radical (unpaired) electrons. The number of hydrogen-bond donors (Lipinski definition) is 1. The summed E-state index contributed by atoms with van der Waals surface area (Å²) < 4.78 is 26.7. The van der Waals surface area contributed by atoms with Crippen LogP contribution in [0.15, 0.2) is 41.0 Å². The first-order valence-electron chi connectivity index (χ1n) is 5.38. The maximum absolute atomic E-state index is 13.1. The normalized spacial score (nSPS) is 12.4. The molecule has 1 heterocycles. The third-order valence-electron chi connectivity index (χ3n) is 2.58. The minimum atomic E-state index is -0.861. The molecule has 0 spiro atoms. The highest BCUT2D eigenvalue weighted by atomic mass is 79.9. The molecule has 1 aromatic heterocycles. The minimum absolute atomic E-state index is 0.370.